The van der Waals surface area contributed by atoms with Gasteiger partial charge in [0.25, 0.3) is 0 Å². The lowest BCUT2D eigenvalue weighted by Crippen LogP contribution is -2.43. The molecule has 2 fully saturated rings. The van der Waals surface area contributed by atoms with Gasteiger partial charge in [0.05, 0.1) is 6.10 Å². The molecule has 1 saturated carbocycles. The molecule has 94 valence electrons. The summed E-state index contributed by atoms with van der Waals surface area (Å²) in [5, 5.41) is 3.86. The van der Waals surface area contributed by atoms with Gasteiger partial charge < -0.3 is 10.1 Å². The van der Waals surface area contributed by atoms with Gasteiger partial charge in [-0.2, -0.15) is 0 Å². The van der Waals surface area contributed by atoms with Crippen molar-refractivity contribution >= 4 is 0 Å². The second kappa shape index (κ2) is 6.02. The van der Waals surface area contributed by atoms with E-state index in [0.29, 0.717) is 12.1 Å². The lowest BCUT2D eigenvalue weighted by atomic mass is 10.0. The fourth-order valence-corrected chi connectivity index (χ4v) is 2.99. The topological polar surface area (TPSA) is 21.3 Å². The van der Waals surface area contributed by atoms with E-state index in [0.717, 1.165) is 18.6 Å². The van der Waals surface area contributed by atoms with Gasteiger partial charge in [-0.25, -0.2) is 0 Å². The summed E-state index contributed by atoms with van der Waals surface area (Å²) in [6, 6.07) is 1.37. The van der Waals surface area contributed by atoms with Crippen LogP contribution in [0.5, 0.6) is 0 Å². The second-order valence-electron chi connectivity index (χ2n) is 5.51. The molecule has 0 spiro atoms. The molecule has 16 heavy (non-hydrogen) atoms. The van der Waals surface area contributed by atoms with E-state index in [-0.39, 0.29) is 0 Å². The highest BCUT2D eigenvalue weighted by Crippen LogP contribution is 2.39. The fourth-order valence-electron chi connectivity index (χ4n) is 2.99. The zero-order valence-corrected chi connectivity index (χ0v) is 10.9. The molecule has 0 radical (unpaired) electrons. The lowest BCUT2D eigenvalue weighted by Gasteiger charge is -2.26. The molecule has 2 nitrogen and oxygen atoms in total. The molecule has 2 atom stereocenters. The average molecular weight is 225 g/mol. The van der Waals surface area contributed by atoms with Gasteiger partial charge in [-0.15, -0.1) is 0 Å². The summed E-state index contributed by atoms with van der Waals surface area (Å²) < 4.78 is 5.88. The highest BCUT2D eigenvalue weighted by Gasteiger charge is 2.40. The summed E-state index contributed by atoms with van der Waals surface area (Å²) in [5.74, 6) is 0.879. The molecule has 0 bridgehead atoms. The van der Waals surface area contributed by atoms with E-state index < -0.39 is 0 Å². The van der Waals surface area contributed by atoms with E-state index in [1.54, 1.807) is 0 Å². The van der Waals surface area contributed by atoms with Crippen LogP contribution >= 0.6 is 0 Å². The predicted octanol–water partition coefficient (Wildman–Crippen LogP) is 3.11. The Balaban J connectivity index is 1.80. The van der Waals surface area contributed by atoms with Crippen LogP contribution in [0.1, 0.15) is 58.8 Å². The van der Waals surface area contributed by atoms with Crippen LogP contribution in [-0.4, -0.2) is 24.8 Å². The minimum absolute atomic E-state index is 0.538. The molecule has 2 rings (SSSR count). The smallest absolute Gasteiger partial charge is 0.0757 e. The van der Waals surface area contributed by atoms with E-state index in [4.69, 9.17) is 4.74 Å². The van der Waals surface area contributed by atoms with Crippen molar-refractivity contribution in [3.05, 3.63) is 0 Å². The third kappa shape index (κ3) is 3.21. The van der Waals surface area contributed by atoms with Crippen LogP contribution in [-0.2, 0) is 4.74 Å². The molecule has 1 aliphatic carbocycles. The maximum absolute atomic E-state index is 5.88. The molecular formula is C14H27NO. The Hall–Kier alpha value is -0.0800. The van der Waals surface area contributed by atoms with Crippen LogP contribution in [0.2, 0.25) is 0 Å². The van der Waals surface area contributed by atoms with E-state index in [1.807, 2.05) is 0 Å². The summed E-state index contributed by atoms with van der Waals surface area (Å²) in [6.45, 7) is 5.55. The van der Waals surface area contributed by atoms with E-state index in [9.17, 15) is 0 Å². The Morgan fingerprint density at radius 3 is 2.38 bits per heavy atom. The van der Waals surface area contributed by atoms with Crippen LogP contribution in [0, 0.1) is 5.92 Å². The highest BCUT2D eigenvalue weighted by atomic mass is 16.5. The van der Waals surface area contributed by atoms with E-state index in [2.05, 4.69) is 19.2 Å². The number of hydrogen-bond donors (Lipinski definition) is 1. The molecule has 0 aromatic carbocycles. The Labute approximate surface area is 100 Å². The lowest BCUT2D eigenvalue weighted by molar-refractivity contribution is 0.0782. The summed E-state index contributed by atoms with van der Waals surface area (Å²) in [5.41, 5.74) is 0. The molecule has 1 aliphatic heterocycles. The largest absolute Gasteiger partial charge is 0.376 e. The molecule has 0 aromatic heterocycles. The van der Waals surface area contributed by atoms with Crippen LogP contribution in [0.15, 0.2) is 0 Å². The van der Waals surface area contributed by atoms with Gasteiger partial charge in [0, 0.05) is 18.7 Å². The van der Waals surface area contributed by atoms with Gasteiger partial charge in [0.1, 0.15) is 0 Å². The number of rotatable bonds is 7. The van der Waals surface area contributed by atoms with Crippen LogP contribution in [0.3, 0.4) is 0 Å². The van der Waals surface area contributed by atoms with Gasteiger partial charge in [0.15, 0.2) is 0 Å². The zero-order valence-electron chi connectivity index (χ0n) is 10.9. The van der Waals surface area contributed by atoms with Gasteiger partial charge in [-0.3, -0.25) is 0 Å². The van der Waals surface area contributed by atoms with Crippen molar-refractivity contribution in [2.24, 2.45) is 5.92 Å². The van der Waals surface area contributed by atoms with Crippen molar-refractivity contribution in [2.45, 2.75) is 77.0 Å². The first-order valence-electron chi connectivity index (χ1n) is 7.22. The number of nitrogens with one attached hydrogen (secondary N) is 1. The minimum atomic E-state index is 0.538. The maximum Gasteiger partial charge on any atom is 0.0757 e. The van der Waals surface area contributed by atoms with Crippen molar-refractivity contribution in [1.29, 1.82) is 0 Å². The van der Waals surface area contributed by atoms with Crippen molar-refractivity contribution in [3.8, 4) is 0 Å². The summed E-state index contributed by atoms with van der Waals surface area (Å²) in [7, 11) is 0. The number of ether oxygens (including phenoxy) is 1. The first-order chi connectivity index (χ1) is 7.85. The molecule has 2 aliphatic rings. The molecule has 2 heteroatoms. The van der Waals surface area contributed by atoms with Gasteiger partial charge in [-0.05, 0) is 38.0 Å². The SMILES string of the molecule is CCCC(CCC)NC1CCOC1C1CC1. The molecule has 0 aromatic rings. The third-order valence-corrected chi connectivity index (χ3v) is 3.95. The van der Waals surface area contributed by atoms with E-state index in [1.165, 1.54) is 44.9 Å². The monoisotopic (exact) mass is 225 g/mol. The Kier molecular flexibility index (Phi) is 4.66. The van der Waals surface area contributed by atoms with Crippen molar-refractivity contribution in [2.75, 3.05) is 6.61 Å². The zero-order chi connectivity index (χ0) is 11.4. The quantitative estimate of drug-likeness (QED) is 0.719. The Bertz CT molecular complexity index is 197. The van der Waals surface area contributed by atoms with Crippen molar-refractivity contribution in [3.63, 3.8) is 0 Å². The highest BCUT2D eigenvalue weighted by molar-refractivity contribution is 4.94. The van der Waals surface area contributed by atoms with E-state index >= 15 is 0 Å². The second-order valence-corrected chi connectivity index (χ2v) is 5.51. The van der Waals surface area contributed by atoms with Crippen LogP contribution < -0.4 is 5.32 Å². The summed E-state index contributed by atoms with van der Waals surface area (Å²) in [6.07, 6.45) is 9.79. The van der Waals surface area contributed by atoms with Crippen molar-refractivity contribution in [1.82, 2.24) is 5.32 Å². The Morgan fingerprint density at radius 2 is 1.81 bits per heavy atom. The molecule has 0 amide bonds. The third-order valence-electron chi connectivity index (χ3n) is 3.95. The fraction of sp³-hybridized carbons (Fsp3) is 1.00. The molecule has 1 saturated heterocycles. The first kappa shape index (κ1) is 12.4. The van der Waals surface area contributed by atoms with Crippen LogP contribution in [0.25, 0.3) is 0 Å². The Morgan fingerprint density at radius 1 is 1.12 bits per heavy atom. The standard InChI is InChI=1S/C14H27NO/c1-3-5-12(6-4-2)15-13-9-10-16-14(13)11-7-8-11/h11-15H,3-10H2,1-2H3. The van der Waals surface area contributed by atoms with Gasteiger partial charge in [0.2, 0.25) is 0 Å². The predicted molar refractivity (Wildman–Crippen MR) is 67.6 cm³/mol. The number of hydrogen-bond acceptors (Lipinski definition) is 2. The van der Waals surface area contributed by atoms with Gasteiger partial charge in [-0.1, -0.05) is 26.7 Å². The first-order valence-corrected chi connectivity index (χ1v) is 7.22. The molecular weight excluding hydrogens is 198 g/mol. The van der Waals surface area contributed by atoms with Crippen LogP contribution in [0.4, 0.5) is 0 Å². The minimum Gasteiger partial charge on any atom is -0.376 e. The molecule has 1 N–H and O–H groups in total. The summed E-state index contributed by atoms with van der Waals surface area (Å²) >= 11 is 0. The van der Waals surface area contributed by atoms with Gasteiger partial charge >= 0.3 is 0 Å². The average Bonchev–Trinajstić information content (AvgIpc) is 3.01. The molecule has 1 heterocycles. The summed E-state index contributed by atoms with van der Waals surface area (Å²) in [4.78, 5) is 0. The maximum atomic E-state index is 5.88. The normalized spacial score (nSPS) is 30.2. The molecule has 2 unspecified atom stereocenters. The van der Waals surface area contributed by atoms with Crippen molar-refractivity contribution < 1.29 is 4.74 Å².